The number of carbonyl (C=O) groups excluding carboxylic acids is 1. The average molecular weight is 766 g/mol. The van der Waals surface area contributed by atoms with Gasteiger partial charge in [0.25, 0.3) is 5.91 Å². The predicted octanol–water partition coefficient (Wildman–Crippen LogP) is 8.92. The maximum atomic E-state index is 15.7. The quantitative estimate of drug-likeness (QED) is 0.0426. The zero-order valence-corrected chi connectivity index (χ0v) is 29.8. The molecule has 12 heteroatoms. The summed E-state index contributed by atoms with van der Waals surface area (Å²) in [6.45, 7) is 3.20. The molecule has 0 radical (unpaired) electrons. The van der Waals surface area contributed by atoms with Crippen molar-refractivity contribution in [3.8, 4) is 0 Å². The Morgan fingerprint density at radius 1 is 0.935 bits per heavy atom. The molecule has 260 valence electrons. The minimum absolute atomic E-state index is 0.148. The van der Waals surface area contributed by atoms with E-state index in [1.165, 1.54) is 89.2 Å². The van der Waals surface area contributed by atoms with Crippen LogP contribution in [0.25, 0.3) is 0 Å². The maximum Gasteiger partial charge on any atom is 0.277 e. The van der Waals surface area contributed by atoms with E-state index in [0.717, 1.165) is 25.3 Å². The summed E-state index contributed by atoms with van der Waals surface area (Å²) in [7, 11) is 2.95. The molecule has 0 aromatic heterocycles. The normalized spacial score (nSPS) is 12.8. The number of aliphatic hydroxyl groups is 1. The van der Waals surface area contributed by atoms with Crippen LogP contribution in [0.15, 0.2) is 24.3 Å². The maximum absolute atomic E-state index is 15.7. The highest BCUT2D eigenvalue weighted by atomic mass is 127. The smallest absolute Gasteiger partial charge is 0.277 e. The Hall–Kier alpha value is -1.97. The van der Waals surface area contributed by atoms with Gasteiger partial charge in [-0.3, -0.25) is 14.5 Å². The Kier molecular flexibility index (Phi) is 19.1. The molecule has 0 fully saturated rings. The van der Waals surface area contributed by atoms with Crippen LogP contribution in [0.3, 0.4) is 0 Å². The third-order valence-electron chi connectivity index (χ3n) is 8.07. The highest BCUT2D eigenvalue weighted by Gasteiger charge is 2.34. The lowest BCUT2D eigenvalue weighted by Crippen LogP contribution is -2.47. The van der Waals surface area contributed by atoms with Crippen molar-refractivity contribution >= 4 is 39.9 Å². The van der Waals surface area contributed by atoms with Crippen LogP contribution in [0.1, 0.15) is 113 Å². The van der Waals surface area contributed by atoms with Crippen molar-refractivity contribution in [1.82, 2.24) is 10.5 Å². The summed E-state index contributed by atoms with van der Waals surface area (Å²) in [6.07, 6.45) is 15.1. The lowest BCUT2D eigenvalue weighted by Gasteiger charge is -2.38. The minimum atomic E-state index is -1.38. The molecule has 1 atom stereocenters. The number of rotatable bonds is 24. The van der Waals surface area contributed by atoms with E-state index in [1.807, 2.05) is 29.5 Å². The molecule has 0 heterocycles. The number of nitrogens with zero attached hydrogens (tertiary/aromatic N) is 1. The number of methoxy groups -OCH3 is 1. The van der Waals surface area contributed by atoms with Crippen molar-refractivity contribution in [3.05, 3.63) is 56.4 Å². The fourth-order valence-electron chi connectivity index (χ4n) is 5.24. The second-order valence-corrected chi connectivity index (χ2v) is 12.8. The zero-order valence-electron chi connectivity index (χ0n) is 27.7. The molecule has 2 rings (SSSR count). The standard InChI is InChI=1S/C34H51F3IN3O5/c1-5-6-7-8-9-10-11-12-13-14-15-16-19-34(2,44-3)41(45-4)24-25-22-27(33(43)40-46-21-20-42)32(31(37)30(25)36)39-29-18-17-26(38)23-28(29)35/h17-18,22-23,39,42H,5-16,19-21,24H2,1-4H3,(H,40,43). The molecule has 1 amide bonds. The molecule has 46 heavy (non-hydrogen) atoms. The van der Waals surface area contributed by atoms with E-state index in [9.17, 15) is 9.18 Å². The molecule has 0 spiro atoms. The number of anilines is 2. The number of aliphatic hydroxyl groups excluding tert-OH is 1. The summed E-state index contributed by atoms with van der Waals surface area (Å²) in [6, 6.07) is 5.32. The van der Waals surface area contributed by atoms with Crippen LogP contribution in [0, 0.1) is 21.0 Å². The van der Waals surface area contributed by atoms with Crippen LogP contribution in [0.2, 0.25) is 0 Å². The van der Waals surface area contributed by atoms with Crippen molar-refractivity contribution in [2.45, 2.75) is 110 Å². The van der Waals surface area contributed by atoms with E-state index in [0.29, 0.717) is 9.99 Å². The van der Waals surface area contributed by atoms with Crippen LogP contribution in [-0.4, -0.2) is 49.2 Å². The van der Waals surface area contributed by atoms with Crippen molar-refractivity contribution in [1.29, 1.82) is 0 Å². The molecule has 8 nitrogen and oxygen atoms in total. The SMILES string of the molecule is CCCCCCCCCCCCCCC(C)(OC)N(Cc1cc(C(=O)NOCCO)c(Nc2ccc(I)cc2F)c(F)c1F)OC. The number of benzene rings is 2. The van der Waals surface area contributed by atoms with Gasteiger partial charge in [-0.15, -0.1) is 0 Å². The van der Waals surface area contributed by atoms with E-state index in [1.54, 1.807) is 6.07 Å². The third kappa shape index (κ3) is 12.9. The average Bonchev–Trinajstić information content (AvgIpc) is 3.04. The van der Waals surface area contributed by atoms with Crippen LogP contribution < -0.4 is 10.8 Å². The summed E-state index contributed by atoms with van der Waals surface area (Å²) in [5.74, 6) is -4.24. The van der Waals surface area contributed by atoms with Gasteiger partial charge in [0.15, 0.2) is 11.6 Å². The Morgan fingerprint density at radius 3 is 2.09 bits per heavy atom. The Balaban J connectivity index is 2.13. The summed E-state index contributed by atoms with van der Waals surface area (Å²) in [4.78, 5) is 23.5. The van der Waals surface area contributed by atoms with E-state index < -0.39 is 34.8 Å². The molecule has 0 aliphatic heterocycles. The Labute approximate surface area is 285 Å². The van der Waals surface area contributed by atoms with Gasteiger partial charge in [0.2, 0.25) is 0 Å². The lowest BCUT2D eigenvalue weighted by atomic mass is 10.0. The van der Waals surface area contributed by atoms with Gasteiger partial charge >= 0.3 is 0 Å². The monoisotopic (exact) mass is 765 g/mol. The largest absolute Gasteiger partial charge is 0.394 e. The van der Waals surface area contributed by atoms with E-state index in [-0.39, 0.29) is 36.6 Å². The Bertz CT molecular complexity index is 1210. The number of nitrogens with one attached hydrogen (secondary N) is 2. The topological polar surface area (TPSA) is 92.3 Å². The van der Waals surface area contributed by atoms with Gasteiger partial charge in [0.1, 0.15) is 11.5 Å². The molecule has 0 aliphatic carbocycles. The summed E-state index contributed by atoms with van der Waals surface area (Å²) in [5, 5.41) is 12.9. The number of hydrogen-bond acceptors (Lipinski definition) is 7. The van der Waals surface area contributed by atoms with Gasteiger partial charge in [-0.25, -0.2) is 18.7 Å². The van der Waals surface area contributed by atoms with Crippen LogP contribution >= 0.6 is 22.6 Å². The first kappa shape index (κ1) is 40.2. The van der Waals surface area contributed by atoms with Gasteiger partial charge in [-0.05, 0) is 66.6 Å². The molecular weight excluding hydrogens is 714 g/mol. The van der Waals surface area contributed by atoms with Crippen molar-refractivity contribution in [2.75, 3.05) is 32.8 Å². The summed E-state index contributed by atoms with van der Waals surface area (Å²) < 4.78 is 52.3. The molecule has 2 aromatic carbocycles. The van der Waals surface area contributed by atoms with Gasteiger partial charge in [0, 0.05) is 16.2 Å². The van der Waals surface area contributed by atoms with Gasteiger partial charge < -0.3 is 15.2 Å². The molecule has 3 N–H and O–H groups in total. The van der Waals surface area contributed by atoms with Crippen LogP contribution in [0.4, 0.5) is 24.5 Å². The molecular formula is C34H51F3IN3O5. The van der Waals surface area contributed by atoms with E-state index in [4.69, 9.17) is 19.5 Å². The molecule has 0 bridgehead atoms. The third-order valence-corrected chi connectivity index (χ3v) is 8.74. The first-order valence-corrected chi connectivity index (χ1v) is 17.3. The molecule has 0 aliphatic rings. The fraction of sp³-hybridized carbons (Fsp3) is 0.618. The predicted molar refractivity (Wildman–Crippen MR) is 183 cm³/mol. The molecule has 0 saturated carbocycles. The second kappa shape index (κ2) is 21.8. The number of carbonyl (C=O) groups is 1. The van der Waals surface area contributed by atoms with Gasteiger partial charge in [0.05, 0.1) is 43.8 Å². The highest BCUT2D eigenvalue weighted by molar-refractivity contribution is 14.1. The van der Waals surface area contributed by atoms with Crippen LogP contribution in [-0.2, 0) is 21.0 Å². The molecule has 1 unspecified atom stereocenters. The highest BCUT2D eigenvalue weighted by Crippen LogP contribution is 2.33. The van der Waals surface area contributed by atoms with Crippen LogP contribution in [0.5, 0.6) is 0 Å². The molecule has 0 saturated heterocycles. The van der Waals surface area contributed by atoms with Crippen molar-refractivity contribution in [2.24, 2.45) is 0 Å². The first-order valence-electron chi connectivity index (χ1n) is 16.2. The summed E-state index contributed by atoms with van der Waals surface area (Å²) in [5.41, 5.74) is -0.0937. The number of hydroxylamine groups is 3. The van der Waals surface area contributed by atoms with Crippen molar-refractivity contribution in [3.63, 3.8) is 0 Å². The lowest BCUT2D eigenvalue weighted by molar-refractivity contribution is -0.291. The van der Waals surface area contributed by atoms with Gasteiger partial charge in [-0.2, -0.15) is 5.06 Å². The number of unbranched alkanes of at least 4 members (excludes halogenated alkanes) is 11. The van der Waals surface area contributed by atoms with Gasteiger partial charge in [-0.1, -0.05) is 77.6 Å². The molecule has 2 aromatic rings. The second-order valence-electron chi connectivity index (χ2n) is 11.6. The number of ether oxygens (including phenoxy) is 1. The zero-order chi connectivity index (χ0) is 34.0. The fourth-order valence-corrected chi connectivity index (χ4v) is 5.69. The Morgan fingerprint density at radius 2 is 1.54 bits per heavy atom. The number of amides is 1. The number of halogens is 4. The van der Waals surface area contributed by atoms with Crippen molar-refractivity contribution < 1.29 is 37.5 Å². The van der Waals surface area contributed by atoms with E-state index >= 15 is 8.78 Å². The number of hydrogen-bond donors (Lipinski definition) is 3. The minimum Gasteiger partial charge on any atom is -0.394 e. The summed E-state index contributed by atoms with van der Waals surface area (Å²) >= 11 is 1.92. The first-order chi connectivity index (χ1) is 22.1. The van der Waals surface area contributed by atoms with E-state index in [2.05, 4.69) is 17.7 Å².